The lowest BCUT2D eigenvalue weighted by atomic mass is 9.96. The number of carbonyl (C=O) groups is 1. The maximum absolute atomic E-state index is 10.9. The molecule has 0 saturated heterocycles. The molecule has 0 bridgehead atoms. The minimum atomic E-state index is -0.304. The summed E-state index contributed by atoms with van der Waals surface area (Å²) in [6.45, 7) is 1.74. The fourth-order valence-corrected chi connectivity index (χ4v) is 3.03. The van der Waals surface area contributed by atoms with Crippen molar-refractivity contribution >= 4 is 29.2 Å². The highest BCUT2D eigenvalue weighted by molar-refractivity contribution is 6.34. The van der Waals surface area contributed by atoms with Gasteiger partial charge in [-0.3, -0.25) is 4.79 Å². The van der Waals surface area contributed by atoms with Crippen LogP contribution in [0, 0.1) is 0 Å². The minimum absolute atomic E-state index is 0.0572. The summed E-state index contributed by atoms with van der Waals surface area (Å²) in [5.74, 6) is -0.304. The average molecular weight is 353 g/mol. The van der Waals surface area contributed by atoms with Gasteiger partial charge in [-0.2, -0.15) is 0 Å². The third-order valence-electron chi connectivity index (χ3n) is 3.42. The molecule has 5 heteroatoms. The maximum Gasteiger partial charge on any atom is 0.302 e. The molecule has 0 radical (unpaired) electrons. The monoisotopic (exact) mass is 352 g/mol. The van der Waals surface area contributed by atoms with Crippen LogP contribution in [0.25, 0.3) is 11.1 Å². The summed E-state index contributed by atoms with van der Waals surface area (Å²) in [6.07, 6.45) is 1.10. The Bertz CT molecular complexity index is 699. The number of aliphatic hydroxyl groups excluding tert-OH is 1. The van der Waals surface area contributed by atoms with Gasteiger partial charge in [-0.15, -0.1) is 0 Å². The molecule has 0 aliphatic carbocycles. The van der Waals surface area contributed by atoms with Gasteiger partial charge in [-0.05, 0) is 41.3 Å². The SMILES string of the molecule is CC(=O)OCCc1cccc(Cl)c1-c1cc(Cl)cc(CCO)c1. The van der Waals surface area contributed by atoms with E-state index in [0.29, 0.717) is 29.5 Å². The summed E-state index contributed by atoms with van der Waals surface area (Å²) < 4.78 is 5.02. The van der Waals surface area contributed by atoms with E-state index >= 15 is 0 Å². The predicted octanol–water partition coefficient (Wildman–Crippen LogP) is 4.30. The molecule has 0 atom stereocenters. The van der Waals surface area contributed by atoms with Gasteiger partial charge in [0, 0.05) is 35.6 Å². The number of aliphatic hydroxyl groups is 1. The predicted molar refractivity (Wildman–Crippen MR) is 93.0 cm³/mol. The number of carbonyl (C=O) groups excluding carboxylic acids is 1. The van der Waals surface area contributed by atoms with Crippen LogP contribution in [0.3, 0.4) is 0 Å². The van der Waals surface area contributed by atoms with E-state index in [1.807, 2.05) is 36.4 Å². The molecule has 0 fully saturated rings. The number of hydrogen-bond acceptors (Lipinski definition) is 3. The first kappa shape index (κ1) is 17.8. The number of benzene rings is 2. The van der Waals surface area contributed by atoms with E-state index in [1.165, 1.54) is 6.92 Å². The van der Waals surface area contributed by atoms with Gasteiger partial charge < -0.3 is 9.84 Å². The highest BCUT2D eigenvalue weighted by atomic mass is 35.5. The van der Waals surface area contributed by atoms with Gasteiger partial charge in [0.1, 0.15) is 0 Å². The summed E-state index contributed by atoms with van der Waals surface area (Å²) in [6, 6.07) is 11.3. The summed E-state index contributed by atoms with van der Waals surface area (Å²) in [5.41, 5.74) is 3.70. The van der Waals surface area contributed by atoms with Crippen molar-refractivity contribution in [2.75, 3.05) is 13.2 Å². The Hall–Kier alpha value is -1.55. The molecule has 3 nitrogen and oxygen atoms in total. The van der Waals surface area contributed by atoms with Gasteiger partial charge in [0.15, 0.2) is 0 Å². The fourth-order valence-electron chi connectivity index (χ4n) is 2.47. The van der Waals surface area contributed by atoms with Gasteiger partial charge >= 0.3 is 5.97 Å². The Labute approximate surface area is 145 Å². The molecule has 0 spiro atoms. The molecule has 0 aliphatic rings. The Kier molecular flexibility index (Phi) is 6.46. The molecule has 23 heavy (non-hydrogen) atoms. The van der Waals surface area contributed by atoms with Gasteiger partial charge in [0.25, 0.3) is 0 Å². The van der Waals surface area contributed by atoms with Crippen LogP contribution in [0.2, 0.25) is 10.0 Å². The topological polar surface area (TPSA) is 46.5 Å². The minimum Gasteiger partial charge on any atom is -0.466 e. The molecule has 0 amide bonds. The van der Waals surface area contributed by atoms with Crippen molar-refractivity contribution in [3.05, 3.63) is 57.6 Å². The molecule has 2 aromatic carbocycles. The summed E-state index contributed by atoms with van der Waals surface area (Å²) in [4.78, 5) is 10.9. The molecule has 2 rings (SSSR count). The molecule has 1 N–H and O–H groups in total. The van der Waals surface area contributed by atoms with Crippen molar-refractivity contribution in [3.63, 3.8) is 0 Å². The van der Waals surface area contributed by atoms with Gasteiger partial charge in [0.2, 0.25) is 0 Å². The van der Waals surface area contributed by atoms with Crippen molar-refractivity contribution < 1.29 is 14.6 Å². The van der Waals surface area contributed by atoms with Crippen LogP contribution >= 0.6 is 23.2 Å². The second-order valence-corrected chi connectivity index (χ2v) is 6.03. The average Bonchev–Trinajstić information content (AvgIpc) is 2.46. The highest BCUT2D eigenvalue weighted by Gasteiger charge is 2.12. The highest BCUT2D eigenvalue weighted by Crippen LogP contribution is 2.34. The normalized spacial score (nSPS) is 10.6. The molecule has 0 heterocycles. The second-order valence-electron chi connectivity index (χ2n) is 5.19. The van der Waals surface area contributed by atoms with E-state index in [1.54, 1.807) is 0 Å². The van der Waals surface area contributed by atoms with Crippen molar-refractivity contribution in [2.45, 2.75) is 19.8 Å². The van der Waals surface area contributed by atoms with Crippen LogP contribution in [0.1, 0.15) is 18.1 Å². The Morgan fingerprint density at radius 1 is 1.17 bits per heavy atom. The first-order valence-corrected chi connectivity index (χ1v) is 8.08. The van der Waals surface area contributed by atoms with Gasteiger partial charge in [-0.1, -0.05) is 41.4 Å². The first-order valence-electron chi connectivity index (χ1n) is 7.32. The van der Waals surface area contributed by atoms with Crippen LogP contribution in [0.5, 0.6) is 0 Å². The summed E-state index contributed by atoms with van der Waals surface area (Å²) in [5, 5.41) is 10.3. The molecule has 0 aromatic heterocycles. The molecular weight excluding hydrogens is 335 g/mol. The van der Waals surface area contributed by atoms with E-state index in [2.05, 4.69) is 0 Å². The van der Waals surface area contributed by atoms with E-state index in [9.17, 15) is 4.79 Å². The van der Waals surface area contributed by atoms with E-state index in [0.717, 1.165) is 22.3 Å². The Balaban J connectivity index is 2.39. The van der Waals surface area contributed by atoms with Crippen LogP contribution in [0.4, 0.5) is 0 Å². The second kappa shape index (κ2) is 8.34. The van der Waals surface area contributed by atoms with Crippen LogP contribution in [-0.2, 0) is 22.4 Å². The summed E-state index contributed by atoms with van der Waals surface area (Å²) in [7, 11) is 0. The zero-order chi connectivity index (χ0) is 16.8. The van der Waals surface area contributed by atoms with Crippen LogP contribution in [0.15, 0.2) is 36.4 Å². The molecular formula is C18H18Cl2O3. The standard InChI is InChI=1S/C18H18Cl2O3/c1-12(22)23-8-6-14-3-2-4-17(20)18(14)15-9-13(5-7-21)10-16(19)11-15/h2-4,9-11,21H,5-8H2,1H3. The lowest BCUT2D eigenvalue weighted by molar-refractivity contribution is -0.140. The quantitative estimate of drug-likeness (QED) is 0.788. The van der Waals surface area contributed by atoms with Crippen molar-refractivity contribution in [2.24, 2.45) is 0 Å². The largest absolute Gasteiger partial charge is 0.466 e. The number of hydrogen-bond donors (Lipinski definition) is 1. The van der Waals surface area contributed by atoms with E-state index in [4.69, 9.17) is 33.0 Å². The van der Waals surface area contributed by atoms with E-state index in [-0.39, 0.29) is 12.6 Å². The number of esters is 1. The van der Waals surface area contributed by atoms with Crippen molar-refractivity contribution in [3.8, 4) is 11.1 Å². The van der Waals surface area contributed by atoms with E-state index < -0.39 is 0 Å². The Morgan fingerprint density at radius 2 is 1.96 bits per heavy atom. The summed E-state index contributed by atoms with van der Waals surface area (Å²) >= 11 is 12.6. The molecule has 0 unspecified atom stereocenters. The third-order valence-corrected chi connectivity index (χ3v) is 3.96. The lowest BCUT2D eigenvalue weighted by Crippen LogP contribution is -2.04. The lowest BCUT2D eigenvalue weighted by Gasteiger charge is -2.13. The van der Waals surface area contributed by atoms with Crippen molar-refractivity contribution in [1.29, 1.82) is 0 Å². The number of halogens is 2. The molecule has 0 aliphatic heterocycles. The van der Waals surface area contributed by atoms with Crippen LogP contribution < -0.4 is 0 Å². The number of rotatable bonds is 6. The third kappa shape index (κ3) is 4.96. The van der Waals surface area contributed by atoms with Gasteiger partial charge in [-0.25, -0.2) is 0 Å². The van der Waals surface area contributed by atoms with Crippen LogP contribution in [-0.4, -0.2) is 24.3 Å². The first-order chi connectivity index (χ1) is 11.0. The Morgan fingerprint density at radius 3 is 2.65 bits per heavy atom. The van der Waals surface area contributed by atoms with Crippen molar-refractivity contribution in [1.82, 2.24) is 0 Å². The zero-order valence-corrected chi connectivity index (χ0v) is 14.3. The smallest absolute Gasteiger partial charge is 0.302 e. The number of ether oxygens (including phenoxy) is 1. The molecule has 2 aromatic rings. The molecule has 122 valence electrons. The van der Waals surface area contributed by atoms with Gasteiger partial charge in [0.05, 0.1) is 6.61 Å². The fraction of sp³-hybridized carbons (Fsp3) is 0.278. The molecule has 0 saturated carbocycles. The zero-order valence-electron chi connectivity index (χ0n) is 12.8. The maximum atomic E-state index is 10.9.